The van der Waals surface area contributed by atoms with E-state index in [-0.39, 0.29) is 24.0 Å². The molecule has 0 aliphatic carbocycles. The molecule has 0 aromatic heterocycles. The molecule has 1 unspecified atom stereocenters. The molecule has 3 nitrogen and oxygen atoms in total. The zero-order valence-corrected chi connectivity index (χ0v) is 7.56. The highest BCUT2D eigenvalue weighted by Crippen LogP contribution is 2.13. The maximum Gasteiger partial charge on any atom is 0.227 e. The summed E-state index contributed by atoms with van der Waals surface area (Å²) < 4.78 is 0. The van der Waals surface area contributed by atoms with E-state index in [0.717, 1.165) is 12.8 Å². The van der Waals surface area contributed by atoms with Crippen molar-refractivity contribution in [1.82, 2.24) is 5.32 Å². The van der Waals surface area contributed by atoms with Crippen LogP contribution in [0.15, 0.2) is 0 Å². The van der Waals surface area contributed by atoms with Crippen LogP contribution >= 0.6 is 11.6 Å². The molecule has 1 N–H and O–H groups in total. The van der Waals surface area contributed by atoms with Crippen molar-refractivity contribution in [3.63, 3.8) is 0 Å². The first-order valence-corrected chi connectivity index (χ1v) is 4.63. The molecular formula is C8H12ClNO2. The van der Waals surface area contributed by atoms with Crippen molar-refractivity contribution < 1.29 is 9.59 Å². The van der Waals surface area contributed by atoms with Gasteiger partial charge in [-0.2, -0.15) is 0 Å². The topological polar surface area (TPSA) is 46.2 Å². The average molecular weight is 190 g/mol. The van der Waals surface area contributed by atoms with Crippen LogP contribution in [0.1, 0.15) is 19.3 Å². The maximum atomic E-state index is 11.2. The second kappa shape index (κ2) is 4.45. The molecule has 1 aliphatic heterocycles. The predicted octanol–water partition coefficient (Wildman–Crippen LogP) is 0.711. The zero-order chi connectivity index (χ0) is 8.97. The lowest BCUT2D eigenvalue weighted by Gasteiger charge is -2.20. The van der Waals surface area contributed by atoms with E-state index < -0.39 is 0 Å². The van der Waals surface area contributed by atoms with Crippen LogP contribution in [0.3, 0.4) is 0 Å². The molecule has 0 aromatic rings. The van der Waals surface area contributed by atoms with Gasteiger partial charge in [0.15, 0.2) is 0 Å². The number of ketones is 1. The third-order valence-corrected chi connectivity index (χ3v) is 2.29. The summed E-state index contributed by atoms with van der Waals surface area (Å²) in [4.78, 5) is 21.9. The second-order valence-electron chi connectivity index (χ2n) is 2.98. The van der Waals surface area contributed by atoms with Crippen LogP contribution < -0.4 is 5.32 Å². The van der Waals surface area contributed by atoms with Gasteiger partial charge in [-0.1, -0.05) is 0 Å². The highest BCUT2D eigenvalue weighted by Gasteiger charge is 2.25. The van der Waals surface area contributed by atoms with Gasteiger partial charge in [0, 0.05) is 18.3 Å². The third-order valence-electron chi connectivity index (χ3n) is 2.02. The number of amides is 1. The van der Waals surface area contributed by atoms with Gasteiger partial charge in [-0.25, -0.2) is 0 Å². The maximum absolute atomic E-state index is 11.2. The lowest BCUT2D eigenvalue weighted by Crippen LogP contribution is -2.41. The van der Waals surface area contributed by atoms with E-state index in [4.69, 9.17) is 11.6 Å². The highest BCUT2D eigenvalue weighted by atomic mass is 35.5. The number of carbonyl (C=O) groups is 2. The van der Waals surface area contributed by atoms with Gasteiger partial charge in [0.25, 0.3) is 0 Å². The van der Waals surface area contributed by atoms with E-state index in [1.54, 1.807) is 0 Å². The summed E-state index contributed by atoms with van der Waals surface area (Å²) in [6, 6.07) is 0. The minimum atomic E-state index is -0.151. The summed E-state index contributed by atoms with van der Waals surface area (Å²) >= 11 is 5.50. The largest absolute Gasteiger partial charge is 0.355 e. The van der Waals surface area contributed by atoms with Crippen LogP contribution in [0.5, 0.6) is 0 Å². The molecule has 1 aliphatic rings. The molecule has 1 heterocycles. The Bertz CT molecular complexity index is 193. The lowest BCUT2D eigenvalue weighted by molar-refractivity contribution is -0.133. The van der Waals surface area contributed by atoms with Crippen LogP contribution in [0.2, 0.25) is 0 Å². The zero-order valence-electron chi connectivity index (χ0n) is 6.81. The first-order valence-electron chi connectivity index (χ1n) is 4.09. The fraction of sp³-hybridized carbons (Fsp3) is 0.750. The van der Waals surface area contributed by atoms with Gasteiger partial charge < -0.3 is 5.32 Å². The van der Waals surface area contributed by atoms with Crippen LogP contribution in [-0.4, -0.2) is 24.1 Å². The molecule has 1 fully saturated rings. The number of hydrogen-bond acceptors (Lipinski definition) is 2. The van der Waals surface area contributed by atoms with Crippen LogP contribution in [0.4, 0.5) is 0 Å². The van der Waals surface area contributed by atoms with E-state index >= 15 is 0 Å². The second-order valence-corrected chi connectivity index (χ2v) is 3.35. The van der Waals surface area contributed by atoms with Crippen molar-refractivity contribution in [3.8, 4) is 0 Å². The quantitative estimate of drug-likeness (QED) is 0.525. The molecule has 0 aromatic carbocycles. The summed E-state index contributed by atoms with van der Waals surface area (Å²) in [6.07, 6.45) is 1.68. The molecule has 1 saturated heterocycles. The van der Waals surface area contributed by atoms with Crippen molar-refractivity contribution in [2.75, 3.05) is 12.4 Å². The smallest absolute Gasteiger partial charge is 0.227 e. The molecule has 0 saturated carbocycles. The minimum Gasteiger partial charge on any atom is -0.355 e. The van der Waals surface area contributed by atoms with Crippen molar-refractivity contribution in [2.24, 2.45) is 5.92 Å². The number of rotatable bonds is 3. The number of piperidine rings is 1. The molecule has 0 bridgehead atoms. The number of alkyl halides is 1. The molecule has 1 amide bonds. The Balaban J connectivity index is 2.35. The van der Waals surface area contributed by atoms with E-state index in [1.165, 1.54) is 0 Å². The van der Waals surface area contributed by atoms with E-state index in [9.17, 15) is 9.59 Å². The van der Waals surface area contributed by atoms with Crippen molar-refractivity contribution >= 4 is 23.3 Å². The molecule has 68 valence electrons. The summed E-state index contributed by atoms with van der Waals surface area (Å²) in [5.74, 6) is 0.491. The van der Waals surface area contributed by atoms with Crippen LogP contribution in [-0.2, 0) is 9.59 Å². The Labute approximate surface area is 76.5 Å². The summed E-state index contributed by atoms with van der Waals surface area (Å²) in [5, 5.41) is 2.67. The predicted molar refractivity (Wildman–Crippen MR) is 46.1 cm³/mol. The van der Waals surface area contributed by atoms with E-state index in [0.29, 0.717) is 12.4 Å². The molecule has 0 spiro atoms. The Morgan fingerprint density at radius 2 is 2.25 bits per heavy atom. The Morgan fingerprint density at radius 3 is 2.83 bits per heavy atom. The molecule has 4 heteroatoms. The first-order chi connectivity index (χ1) is 5.74. The molecule has 12 heavy (non-hydrogen) atoms. The van der Waals surface area contributed by atoms with Crippen molar-refractivity contribution in [2.45, 2.75) is 19.3 Å². The number of Topliss-reactive ketones (excluding diaryl/α,β-unsaturated/α-hetero) is 1. The monoisotopic (exact) mass is 189 g/mol. The van der Waals surface area contributed by atoms with Gasteiger partial charge in [0.2, 0.25) is 5.91 Å². The number of carbonyl (C=O) groups excluding carboxylic acids is 2. The van der Waals surface area contributed by atoms with E-state index in [1.807, 2.05) is 0 Å². The Morgan fingerprint density at radius 1 is 1.50 bits per heavy atom. The summed E-state index contributed by atoms with van der Waals surface area (Å²) in [7, 11) is 0. The van der Waals surface area contributed by atoms with Gasteiger partial charge >= 0.3 is 0 Å². The highest BCUT2D eigenvalue weighted by molar-refractivity contribution is 6.17. The van der Waals surface area contributed by atoms with Crippen LogP contribution in [0.25, 0.3) is 0 Å². The fourth-order valence-corrected chi connectivity index (χ4v) is 1.46. The third kappa shape index (κ3) is 2.48. The average Bonchev–Trinajstić information content (AvgIpc) is 2.03. The van der Waals surface area contributed by atoms with E-state index in [2.05, 4.69) is 5.32 Å². The lowest BCUT2D eigenvalue weighted by atomic mass is 9.93. The molecule has 1 atom stereocenters. The van der Waals surface area contributed by atoms with Gasteiger partial charge in [0.05, 0.1) is 6.42 Å². The Kier molecular flexibility index (Phi) is 3.53. The van der Waals surface area contributed by atoms with Gasteiger partial charge in [-0.05, 0) is 12.8 Å². The fourth-order valence-electron chi connectivity index (χ4n) is 1.30. The standard InChI is InChI=1S/C8H12ClNO2/c9-3-1-2-6-5-10-8(12)4-7(6)11/h6H,1-5H2,(H,10,12). The van der Waals surface area contributed by atoms with Crippen molar-refractivity contribution in [1.29, 1.82) is 0 Å². The first kappa shape index (κ1) is 9.52. The minimum absolute atomic E-state index is 0.00134. The SMILES string of the molecule is O=C1CC(=O)C(CCCCl)CN1. The summed E-state index contributed by atoms with van der Waals surface area (Å²) in [5.41, 5.74) is 0. The van der Waals surface area contributed by atoms with Gasteiger partial charge in [0.1, 0.15) is 5.78 Å². The normalized spacial score (nSPS) is 23.9. The number of hydrogen-bond donors (Lipinski definition) is 1. The van der Waals surface area contributed by atoms with Crippen molar-refractivity contribution in [3.05, 3.63) is 0 Å². The molecule has 1 rings (SSSR count). The number of halogens is 1. The number of nitrogens with one attached hydrogen (secondary N) is 1. The Hall–Kier alpha value is -0.570. The van der Waals surface area contributed by atoms with Gasteiger partial charge in [-0.15, -0.1) is 11.6 Å². The molecule has 0 radical (unpaired) electrons. The summed E-state index contributed by atoms with van der Waals surface area (Å²) in [6.45, 7) is 0.495. The molecular weight excluding hydrogens is 178 g/mol. The van der Waals surface area contributed by atoms with Gasteiger partial charge in [-0.3, -0.25) is 9.59 Å². The van der Waals surface area contributed by atoms with Crippen LogP contribution in [0, 0.1) is 5.92 Å².